The lowest BCUT2D eigenvalue weighted by Gasteiger charge is -2.09. The maximum Gasteiger partial charge on any atom is 0.255 e. The third kappa shape index (κ3) is 4.41. The summed E-state index contributed by atoms with van der Waals surface area (Å²) >= 11 is 1.37. The van der Waals surface area contributed by atoms with Gasteiger partial charge in [0.2, 0.25) is 5.13 Å². The monoisotopic (exact) mass is 462 g/mol. The molecule has 2 amide bonds. The number of ether oxygens (including phenoxy) is 1. The molecule has 168 valence electrons. The van der Waals surface area contributed by atoms with Crippen LogP contribution < -0.4 is 21.5 Å². The zero-order valence-electron chi connectivity index (χ0n) is 18.0. The number of nitrogen functional groups attached to an aromatic ring is 1. The number of primary amides is 1. The fourth-order valence-electron chi connectivity index (χ4n) is 3.35. The number of carbonyl (C=O) groups excluding carboxylic acids is 2. The van der Waals surface area contributed by atoms with Gasteiger partial charge < -0.3 is 21.5 Å². The number of benzene rings is 2. The standard InChI is InChI=1S/C23H22N6O3S/c1-13-12-33-23(27-13)29-20(24)18(21(25)30)19(28-29)15-9-7-14(8-10-15)11-26-22(31)16-5-3-4-6-17(16)32-2/h3-10,12H,11,24H2,1-2H3,(H2,25,30)(H,26,31). The zero-order valence-corrected chi connectivity index (χ0v) is 18.8. The Morgan fingerprint density at radius 2 is 1.88 bits per heavy atom. The van der Waals surface area contributed by atoms with Crippen LogP contribution in [0.2, 0.25) is 0 Å². The summed E-state index contributed by atoms with van der Waals surface area (Å²) in [6.07, 6.45) is 0. The number of nitrogens with zero attached hydrogens (tertiary/aromatic N) is 3. The highest BCUT2D eigenvalue weighted by atomic mass is 32.1. The van der Waals surface area contributed by atoms with E-state index >= 15 is 0 Å². The Labute approximate surface area is 194 Å². The summed E-state index contributed by atoms with van der Waals surface area (Å²) < 4.78 is 6.66. The number of thiazole rings is 1. The Morgan fingerprint density at radius 1 is 1.15 bits per heavy atom. The van der Waals surface area contributed by atoms with Gasteiger partial charge in [-0.15, -0.1) is 11.3 Å². The number of nitrogens with two attached hydrogens (primary N) is 2. The van der Waals surface area contributed by atoms with Crippen molar-refractivity contribution in [2.75, 3.05) is 12.8 Å². The molecule has 10 heteroatoms. The van der Waals surface area contributed by atoms with Crippen molar-refractivity contribution in [1.82, 2.24) is 20.1 Å². The normalized spacial score (nSPS) is 10.7. The lowest BCUT2D eigenvalue weighted by molar-refractivity contribution is 0.0946. The second kappa shape index (κ2) is 9.13. The Bertz CT molecular complexity index is 1330. The van der Waals surface area contributed by atoms with Crippen LogP contribution in [-0.4, -0.2) is 33.7 Å². The minimum Gasteiger partial charge on any atom is -0.496 e. The Kier molecular flexibility index (Phi) is 6.09. The number of hydrogen-bond donors (Lipinski definition) is 3. The van der Waals surface area contributed by atoms with E-state index in [2.05, 4.69) is 15.4 Å². The lowest BCUT2D eigenvalue weighted by atomic mass is 10.0. The number of nitrogens with one attached hydrogen (secondary N) is 1. The van der Waals surface area contributed by atoms with E-state index in [0.29, 0.717) is 34.2 Å². The molecule has 9 nitrogen and oxygen atoms in total. The fourth-order valence-corrected chi connectivity index (χ4v) is 4.12. The molecule has 0 spiro atoms. The maximum atomic E-state index is 12.5. The largest absolute Gasteiger partial charge is 0.496 e. The van der Waals surface area contributed by atoms with Crippen LogP contribution in [0.25, 0.3) is 16.4 Å². The molecular weight excluding hydrogens is 440 g/mol. The summed E-state index contributed by atoms with van der Waals surface area (Å²) in [5, 5.41) is 9.80. The SMILES string of the molecule is COc1ccccc1C(=O)NCc1ccc(-c2nn(-c3nc(C)cs3)c(N)c2C(N)=O)cc1. The molecule has 2 aromatic heterocycles. The average molecular weight is 463 g/mol. The average Bonchev–Trinajstić information content (AvgIpc) is 3.40. The van der Waals surface area contributed by atoms with Gasteiger partial charge in [-0.2, -0.15) is 9.78 Å². The molecule has 2 heterocycles. The molecule has 0 aliphatic heterocycles. The van der Waals surface area contributed by atoms with Crippen LogP contribution in [-0.2, 0) is 6.54 Å². The molecule has 4 aromatic rings. The van der Waals surface area contributed by atoms with Crippen LogP contribution in [0.4, 0.5) is 5.82 Å². The summed E-state index contributed by atoms with van der Waals surface area (Å²) in [5.74, 6) is -0.263. The summed E-state index contributed by atoms with van der Waals surface area (Å²) in [6.45, 7) is 2.18. The van der Waals surface area contributed by atoms with Crippen LogP contribution in [0.3, 0.4) is 0 Å². The highest BCUT2D eigenvalue weighted by molar-refractivity contribution is 7.12. The highest BCUT2D eigenvalue weighted by Crippen LogP contribution is 2.30. The van der Waals surface area contributed by atoms with Gasteiger partial charge in [0.25, 0.3) is 11.8 Å². The molecule has 0 aliphatic rings. The van der Waals surface area contributed by atoms with Gasteiger partial charge in [0.15, 0.2) is 0 Å². The van der Waals surface area contributed by atoms with Gasteiger partial charge in [-0.25, -0.2) is 4.98 Å². The predicted molar refractivity (Wildman–Crippen MR) is 127 cm³/mol. The van der Waals surface area contributed by atoms with Gasteiger partial charge in [0.05, 0.1) is 18.4 Å². The van der Waals surface area contributed by atoms with Gasteiger partial charge in [-0.05, 0) is 24.6 Å². The number of aromatic nitrogens is 3. The second-order valence-electron chi connectivity index (χ2n) is 7.24. The van der Waals surface area contributed by atoms with Gasteiger partial charge in [-0.3, -0.25) is 9.59 Å². The molecule has 0 fully saturated rings. The minimum atomic E-state index is -0.671. The van der Waals surface area contributed by atoms with Crippen molar-refractivity contribution in [3.05, 3.63) is 76.3 Å². The minimum absolute atomic E-state index is 0.139. The Hall–Kier alpha value is -4.18. The van der Waals surface area contributed by atoms with Gasteiger partial charge in [0, 0.05) is 17.5 Å². The van der Waals surface area contributed by atoms with E-state index in [-0.39, 0.29) is 17.3 Å². The molecule has 0 saturated heterocycles. The number of aryl methyl sites for hydroxylation is 1. The molecule has 0 saturated carbocycles. The number of hydrogen-bond acceptors (Lipinski definition) is 7. The predicted octanol–water partition coefficient (Wildman–Crippen LogP) is 2.92. The van der Waals surface area contributed by atoms with E-state index in [1.807, 2.05) is 24.4 Å². The van der Waals surface area contributed by atoms with E-state index in [0.717, 1.165) is 11.3 Å². The zero-order chi connectivity index (χ0) is 23.5. The Morgan fingerprint density at radius 3 is 2.52 bits per heavy atom. The van der Waals surface area contributed by atoms with Crippen molar-refractivity contribution in [1.29, 1.82) is 0 Å². The molecular formula is C23H22N6O3S. The number of anilines is 1. The molecule has 0 aliphatic carbocycles. The maximum absolute atomic E-state index is 12.5. The number of para-hydroxylation sites is 1. The first kappa shape index (κ1) is 22.0. The van der Waals surface area contributed by atoms with Crippen molar-refractivity contribution < 1.29 is 14.3 Å². The van der Waals surface area contributed by atoms with E-state index in [4.69, 9.17) is 16.2 Å². The number of amides is 2. The third-order valence-electron chi connectivity index (χ3n) is 4.99. The van der Waals surface area contributed by atoms with Crippen LogP contribution in [0.1, 0.15) is 32.0 Å². The number of carbonyl (C=O) groups is 2. The van der Waals surface area contributed by atoms with Gasteiger partial charge in [-0.1, -0.05) is 36.4 Å². The molecule has 0 radical (unpaired) electrons. The molecule has 0 bridgehead atoms. The van der Waals surface area contributed by atoms with Crippen molar-refractivity contribution in [2.24, 2.45) is 5.73 Å². The summed E-state index contributed by atoms with van der Waals surface area (Å²) in [4.78, 5) is 29.0. The highest BCUT2D eigenvalue weighted by Gasteiger charge is 2.23. The molecule has 5 N–H and O–H groups in total. The van der Waals surface area contributed by atoms with Crippen molar-refractivity contribution in [3.63, 3.8) is 0 Å². The summed E-state index contributed by atoms with van der Waals surface area (Å²) in [6, 6.07) is 14.3. The van der Waals surface area contributed by atoms with E-state index in [1.54, 1.807) is 36.4 Å². The van der Waals surface area contributed by atoms with Crippen LogP contribution in [0, 0.1) is 6.92 Å². The van der Waals surface area contributed by atoms with E-state index in [9.17, 15) is 9.59 Å². The van der Waals surface area contributed by atoms with Gasteiger partial charge >= 0.3 is 0 Å². The summed E-state index contributed by atoms with van der Waals surface area (Å²) in [7, 11) is 1.52. The second-order valence-corrected chi connectivity index (χ2v) is 8.07. The van der Waals surface area contributed by atoms with Crippen molar-refractivity contribution >= 4 is 29.0 Å². The topological polar surface area (TPSA) is 138 Å². The van der Waals surface area contributed by atoms with Crippen LogP contribution >= 0.6 is 11.3 Å². The lowest BCUT2D eigenvalue weighted by Crippen LogP contribution is -2.23. The van der Waals surface area contributed by atoms with Crippen molar-refractivity contribution in [2.45, 2.75) is 13.5 Å². The van der Waals surface area contributed by atoms with Crippen molar-refractivity contribution in [3.8, 4) is 22.1 Å². The fraction of sp³-hybridized carbons (Fsp3) is 0.130. The van der Waals surface area contributed by atoms with Crippen LogP contribution in [0.5, 0.6) is 5.75 Å². The Balaban J connectivity index is 1.56. The third-order valence-corrected chi connectivity index (χ3v) is 5.92. The first-order valence-electron chi connectivity index (χ1n) is 10.0. The molecule has 4 rings (SSSR count). The molecule has 0 unspecified atom stereocenters. The smallest absolute Gasteiger partial charge is 0.255 e. The number of methoxy groups -OCH3 is 1. The van der Waals surface area contributed by atoms with Crippen LogP contribution in [0.15, 0.2) is 53.9 Å². The van der Waals surface area contributed by atoms with Gasteiger partial charge in [0.1, 0.15) is 22.8 Å². The molecule has 2 aromatic carbocycles. The first-order chi connectivity index (χ1) is 15.9. The van der Waals surface area contributed by atoms with E-state index < -0.39 is 5.91 Å². The number of rotatable bonds is 7. The van der Waals surface area contributed by atoms with E-state index in [1.165, 1.54) is 23.1 Å². The molecule has 0 atom stereocenters. The first-order valence-corrected chi connectivity index (χ1v) is 10.9. The molecule has 33 heavy (non-hydrogen) atoms. The summed E-state index contributed by atoms with van der Waals surface area (Å²) in [5.41, 5.74) is 15.1. The quantitative estimate of drug-likeness (QED) is 0.386.